The van der Waals surface area contributed by atoms with Crippen molar-refractivity contribution in [2.24, 2.45) is 0 Å². The van der Waals surface area contributed by atoms with Gasteiger partial charge in [-0.2, -0.15) is 0 Å². The molecule has 1 unspecified atom stereocenters. The SMILES string of the molecule is O=C(Nc1ccc2c(c1)CC(NC[C@H](O)COc1ccccc1)CCC2)c1ccccc1. The highest BCUT2D eigenvalue weighted by Crippen LogP contribution is 2.24. The van der Waals surface area contributed by atoms with E-state index in [4.69, 9.17) is 4.74 Å². The second-order valence-electron chi connectivity index (χ2n) is 8.28. The Balaban J connectivity index is 1.32. The summed E-state index contributed by atoms with van der Waals surface area (Å²) in [7, 11) is 0. The first-order valence-corrected chi connectivity index (χ1v) is 11.2. The molecule has 0 aliphatic heterocycles. The number of ether oxygens (including phenoxy) is 1. The van der Waals surface area contributed by atoms with Gasteiger partial charge < -0.3 is 20.5 Å². The number of anilines is 1. The number of aliphatic hydroxyl groups is 1. The molecule has 1 aliphatic rings. The summed E-state index contributed by atoms with van der Waals surface area (Å²) in [5.41, 5.74) is 4.05. The summed E-state index contributed by atoms with van der Waals surface area (Å²) < 4.78 is 5.65. The minimum atomic E-state index is -0.575. The molecule has 1 aliphatic carbocycles. The number of benzene rings is 3. The lowest BCUT2D eigenvalue weighted by Crippen LogP contribution is -2.39. The van der Waals surface area contributed by atoms with E-state index < -0.39 is 6.10 Å². The number of hydrogen-bond donors (Lipinski definition) is 3. The maximum Gasteiger partial charge on any atom is 0.255 e. The number of nitrogens with one attached hydrogen (secondary N) is 2. The fourth-order valence-electron chi connectivity index (χ4n) is 4.08. The average Bonchev–Trinajstić information content (AvgIpc) is 3.04. The molecule has 0 aromatic heterocycles. The fraction of sp³-hybridized carbons (Fsp3) is 0.296. The highest BCUT2D eigenvalue weighted by molar-refractivity contribution is 6.04. The number of carbonyl (C=O) groups is 1. The molecular weight excluding hydrogens is 400 g/mol. The zero-order valence-corrected chi connectivity index (χ0v) is 18.2. The van der Waals surface area contributed by atoms with Gasteiger partial charge in [0.1, 0.15) is 18.5 Å². The van der Waals surface area contributed by atoms with Crippen LogP contribution in [0.3, 0.4) is 0 Å². The number of para-hydroxylation sites is 1. The molecule has 2 atom stereocenters. The standard InChI is InChI=1S/C27H30N2O3/c30-25(19-32-26-12-5-2-6-13-26)18-28-23-11-7-10-20-14-15-24(17-22(20)16-23)29-27(31)21-8-3-1-4-9-21/h1-6,8-9,12-15,17,23,25,28,30H,7,10-11,16,18-19H2,(H,29,31)/t23?,25-/m0/s1. The molecule has 3 aromatic carbocycles. The van der Waals surface area contributed by atoms with Crippen LogP contribution in [0, 0.1) is 0 Å². The first-order chi connectivity index (χ1) is 15.7. The van der Waals surface area contributed by atoms with Gasteiger partial charge in [-0.15, -0.1) is 0 Å². The third-order valence-corrected chi connectivity index (χ3v) is 5.79. The van der Waals surface area contributed by atoms with Crippen LogP contribution in [0.1, 0.15) is 34.3 Å². The maximum absolute atomic E-state index is 12.5. The Kier molecular flexibility index (Phi) is 7.54. The van der Waals surface area contributed by atoms with Gasteiger partial charge in [0.25, 0.3) is 5.91 Å². The molecule has 0 heterocycles. The number of hydrogen-bond acceptors (Lipinski definition) is 4. The van der Waals surface area contributed by atoms with E-state index in [0.717, 1.165) is 37.1 Å². The number of aliphatic hydroxyl groups excluding tert-OH is 1. The van der Waals surface area contributed by atoms with Gasteiger partial charge in [0.2, 0.25) is 0 Å². The van der Waals surface area contributed by atoms with Gasteiger partial charge in [-0.05, 0) is 73.2 Å². The van der Waals surface area contributed by atoms with Crippen molar-refractivity contribution in [3.63, 3.8) is 0 Å². The molecule has 5 nitrogen and oxygen atoms in total. The van der Waals surface area contributed by atoms with Crippen LogP contribution in [0.5, 0.6) is 5.75 Å². The number of carbonyl (C=O) groups excluding carboxylic acids is 1. The number of fused-ring (bicyclic) bond motifs is 1. The molecule has 5 heteroatoms. The summed E-state index contributed by atoms with van der Waals surface area (Å²) in [6.45, 7) is 0.743. The van der Waals surface area contributed by atoms with Gasteiger partial charge in [0, 0.05) is 23.8 Å². The van der Waals surface area contributed by atoms with Crippen molar-refractivity contribution in [3.8, 4) is 5.75 Å². The Labute approximate surface area is 189 Å². The van der Waals surface area contributed by atoms with Gasteiger partial charge >= 0.3 is 0 Å². The molecule has 4 rings (SSSR count). The van der Waals surface area contributed by atoms with Crippen molar-refractivity contribution in [2.45, 2.75) is 37.8 Å². The van der Waals surface area contributed by atoms with Crippen LogP contribution in [-0.2, 0) is 12.8 Å². The third kappa shape index (κ3) is 6.19. The minimum Gasteiger partial charge on any atom is -0.491 e. The van der Waals surface area contributed by atoms with Gasteiger partial charge in [-0.3, -0.25) is 4.79 Å². The number of rotatable bonds is 8. The molecule has 0 bridgehead atoms. The van der Waals surface area contributed by atoms with Crippen LogP contribution in [-0.4, -0.2) is 36.3 Å². The van der Waals surface area contributed by atoms with Crippen LogP contribution < -0.4 is 15.4 Å². The molecule has 3 aromatic rings. The van der Waals surface area contributed by atoms with Crippen LogP contribution in [0.2, 0.25) is 0 Å². The Morgan fingerprint density at radius 1 is 1.00 bits per heavy atom. The highest BCUT2D eigenvalue weighted by Gasteiger charge is 2.18. The van der Waals surface area contributed by atoms with E-state index in [1.54, 1.807) is 0 Å². The summed E-state index contributed by atoms with van der Waals surface area (Å²) in [5, 5.41) is 16.8. The van der Waals surface area contributed by atoms with E-state index in [1.807, 2.05) is 66.7 Å². The van der Waals surface area contributed by atoms with E-state index in [0.29, 0.717) is 12.1 Å². The smallest absolute Gasteiger partial charge is 0.255 e. The van der Waals surface area contributed by atoms with Crippen molar-refractivity contribution in [3.05, 3.63) is 95.6 Å². The van der Waals surface area contributed by atoms with E-state index in [2.05, 4.69) is 22.8 Å². The Hall–Kier alpha value is -3.15. The summed E-state index contributed by atoms with van der Waals surface area (Å²) in [4.78, 5) is 12.5. The molecule has 0 spiro atoms. The monoisotopic (exact) mass is 430 g/mol. The van der Waals surface area contributed by atoms with E-state index in [1.165, 1.54) is 11.1 Å². The van der Waals surface area contributed by atoms with Gasteiger partial charge in [-0.1, -0.05) is 42.5 Å². The fourth-order valence-corrected chi connectivity index (χ4v) is 4.08. The molecule has 0 fully saturated rings. The van der Waals surface area contributed by atoms with Crippen molar-refractivity contribution in [2.75, 3.05) is 18.5 Å². The van der Waals surface area contributed by atoms with Crippen LogP contribution in [0.15, 0.2) is 78.9 Å². The molecule has 0 saturated heterocycles. The summed E-state index contributed by atoms with van der Waals surface area (Å²) >= 11 is 0. The Morgan fingerprint density at radius 3 is 2.53 bits per heavy atom. The van der Waals surface area contributed by atoms with Crippen molar-refractivity contribution in [1.29, 1.82) is 0 Å². The predicted octanol–water partition coefficient (Wildman–Crippen LogP) is 4.22. The lowest BCUT2D eigenvalue weighted by molar-refractivity contribution is 0.102. The number of amides is 1. The molecule has 1 amide bonds. The summed E-state index contributed by atoms with van der Waals surface area (Å²) in [6.07, 6.45) is 3.47. The van der Waals surface area contributed by atoms with E-state index >= 15 is 0 Å². The summed E-state index contributed by atoms with van der Waals surface area (Å²) in [5.74, 6) is 0.662. The molecular formula is C27H30N2O3. The first-order valence-electron chi connectivity index (χ1n) is 11.2. The molecule has 3 N–H and O–H groups in total. The largest absolute Gasteiger partial charge is 0.491 e. The zero-order valence-electron chi connectivity index (χ0n) is 18.2. The normalized spacial score (nSPS) is 16.5. The summed E-state index contributed by atoms with van der Waals surface area (Å²) in [6, 6.07) is 25.3. The maximum atomic E-state index is 12.5. The lowest BCUT2D eigenvalue weighted by Gasteiger charge is -2.20. The lowest BCUT2D eigenvalue weighted by atomic mass is 10.0. The average molecular weight is 431 g/mol. The second-order valence-corrected chi connectivity index (χ2v) is 8.28. The Bertz CT molecular complexity index is 1010. The van der Waals surface area contributed by atoms with Gasteiger partial charge in [0.15, 0.2) is 0 Å². The molecule has 0 radical (unpaired) electrons. The number of aryl methyl sites for hydroxylation is 1. The topological polar surface area (TPSA) is 70.6 Å². The zero-order chi connectivity index (χ0) is 22.2. The molecule has 166 valence electrons. The highest BCUT2D eigenvalue weighted by atomic mass is 16.5. The quantitative estimate of drug-likeness (QED) is 0.468. The molecule has 0 saturated carbocycles. The predicted molar refractivity (Wildman–Crippen MR) is 127 cm³/mol. The van der Waals surface area contributed by atoms with Crippen molar-refractivity contribution in [1.82, 2.24) is 5.32 Å². The van der Waals surface area contributed by atoms with Crippen LogP contribution in [0.25, 0.3) is 0 Å². The van der Waals surface area contributed by atoms with Crippen molar-refractivity contribution < 1.29 is 14.6 Å². The van der Waals surface area contributed by atoms with E-state index in [9.17, 15) is 9.90 Å². The van der Waals surface area contributed by atoms with Gasteiger partial charge in [0.05, 0.1) is 0 Å². The van der Waals surface area contributed by atoms with Crippen LogP contribution in [0.4, 0.5) is 5.69 Å². The first kappa shape index (κ1) is 22.1. The Morgan fingerprint density at radius 2 is 1.75 bits per heavy atom. The second kappa shape index (κ2) is 10.9. The van der Waals surface area contributed by atoms with Crippen LogP contribution >= 0.6 is 0 Å². The minimum absolute atomic E-state index is 0.101. The van der Waals surface area contributed by atoms with Gasteiger partial charge in [-0.25, -0.2) is 0 Å². The molecule has 32 heavy (non-hydrogen) atoms. The van der Waals surface area contributed by atoms with E-state index in [-0.39, 0.29) is 18.6 Å². The third-order valence-electron chi connectivity index (χ3n) is 5.79. The van der Waals surface area contributed by atoms with Crippen molar-refractivity contribution >= 4 is 11.6 Å².